The average molecular weight is 921 g/mol. The van der Waals surface area contributed by atoms with E-state index in [1.165, 1.54) is 16.7 Å². The van der Waals surface area contributed by atoms with E-state index < -0.39 is 104 Å². The molecule has 360 valence electrons. The van der Waals surface area contributed by atoms with Gasteiger partial charge < -0.3 is 50.0 Å². The maximum absolute atomic E-state index is 15.7. The van der Waals surface area contributed by atoms with Crippen LogP contribution in [0.4, 0.5) is 0 Å². The van der Waals surface area contributed by atoms with Crippen LogP contribution in [0.5, 0.6) is 0 Å². The number of hydrogen-bond donors (Lipinski definition) is 7. The second kappa shape index (κ2) is 13.9. The largest absolute Gasteiger partial charge is 0.481 e. The molecule has 4 spiro atoms. The molecule has 6 fully saturated rings. The minimum absolute atomic E-state index is 0.00216. The summed E-state index contributed by atoms with van der Waals surface area (Å²) < 4.78 is 18.6. The average Bonchev–Trinajstić information content (AvgIpc) is 3.69. The zero-order chi connectivity index (χ0) is 47.2. The lowest BCUT2D eigenvalue weighted by Gasteiger charge is -2.84. The topological polar surface area (TPSA) is 208 Å². The Bertz CT molecular complexity index is 2510. The SMILES string of the molecule is CCc1c[nH]cc1CC1C=CC2CC3(C)C45CCC6(C(=O)O)C(COC)CC7(C)CC=CC68C4=CCC34C(=CC5C(=O)NC78)C=CC3CC(OC5OC(C(=O)O)C(O)C(O)C5O)C(C)(C)C2C134. The van der Waals surface area contributed by atoms with Crippen LogP contribution in [-0.2, 0) is 41.4 Å². The molecule has 1 amide bonds. The second-order valence-corrected chi connectivity index (χ2v) is 24.1. The molecule has 3 heterocycles. The molecule has 2 saturated heterocycles. The maximum atomic E-state index is 15.7. The number of H-pyrrole nitrogens is 1. The first-order valence-corrected chi connectivity index (χ1v) is 25.0. The molecule has 0 radical (unpaired) electrons. The molecular formula is C54H68N2O11. The van der Waals surface area contributed by atoms with Gasteiger partial charge in [0, 0.05) is 47.7 Å². The van der Waals surface area contributed by atoms with Crippen LogP contribution in [0.25, 0.3) is 0 Å². The van der Waals surface area contributed by atoms with Crippen LogP contribution < -0.4 is 5.32 Å². The number of nitrogens with one attached hydrogen (secondary N) is 2. The lowest BCUT2D eigenvalue weighted by atomic mass is 9.18. The number of aliphatic hydroxyl groups excluding tert-OH is 3. The van der Waals surface area contributed by atoms with Gasteiger partial charge in [0.2, 0.25) is 5.91 Å². The van der Waals surface area contributed by atoms with Crippen molar-refractivity contribution in [3.8, 4) is 0 Å². The third kappa shape index (κ3) is 4.73. The number of allylic oxidation sites excluding steroid dienone is 7. The van der Waals surface area contributed by atoms with Gasteiger partial charge in [-0.1, -0.05) is 88.8 Å². The molecular weight excluding hydrogens is 853 g/mol. The van der Waals surface area contributed by atoms with Crippen molar-refractivity contribution in [2.45, 2.75) is 135 Å². The summed E-state index contributed by atoms with van der Waals surface area (Å²) in [7, 11) is 1.68. The lowest BCUT2D eigenvalue weighted by molar-refractivity contribution is -0.346. The van der Waals surface area contributed by atoms with Gasteiger partial charge in [-0.15, -0.1) is 0 Å². The molecule has 11 aliphatic rings. The zero-order valence-electron chi connectivity index (χ0n) is 39.5. The highest BCUT2D eigenvalue weighted by Gasteiger charge is 2.88. The van der Waals surface area contributed by atoms with Gasteiger partial charge in [-0.25, -0.2) is 4.79 Å². The number of carbonyl (C=O) groups is 3. The van der Waals surface area contributed by atoms with Crippen LogP contribution in [0, 0.1) is 78.8 Å². The Morgan fingerprint density at radius 3 is 2.46 bits per heavy atom. The molecule has 0 aromatic carbocycles. The van der Waals surface area contributed by atoms with Gasteiger partial charge in [0.1, 0.15) is 18.3 Å². The molecule has 2 aliphatic heterocycles. The molecule has 6 bridgehead atoms. The number of carboxylic acids is 2. The van der Waals surface area contributed by atoms with E-state index >= 15 is 4.79 Å². The van der Waals surface area contributed by atoms with Gasteiger partial charge in [-0.2, -0.15) is 0 Å². The number of aryl methyl sites for hydroxylation is 1. The molecule has 13 heteroatoms. The first-order chi connectivity index (χ1) is 31.8. The normalized spacial score (nSPS) is 52.0. The molecule has 67 heavy (non-hydrogen) atoms. The van der Waals surface area contributed by atoms with Crippen molar-refractivity contribution >= 4 is 17.8 Å². The first kappa shape index (κ1) is 44.4. The van der Waals surface area contributed by atoms with Crippen LogP contribution in [0.3, 0.4) is 0 Å². The second-order valence-electron chi connectivity index (χ2n) is 24.1. The smallest absolute Gasteiger partial charge is 0.335 e. The van der Waals surface area contributed by atoms with E-state index in [9.17, 15) is 35.1 Å². The molecule has 1 aromatic heterocycles. The summed E-state index contributed by atoms with van der Waals surface area (Å²) in [6.45, 7) is 11.8. The third-order valence-corrected chi connectivity index (χ3v) is 21.9. The highest BCUT2D eigenvalue weighted by atomic mass is 16.7. The number of aliphatic carboxylic acids is 2. The molecule has 12 rings (SSSR count). The molecule has 7 N–H and O–H groups in total. The fraction of sp³-hybridized carbons (Fsp3) is 0.685. The van der Waals surface area contributed by atoms with E-state index in [1.54, 1.807) is 7.11 Å². The van der Waals surface area contributed by atoms with Crippen molar-refractivity contribution < 1.29 is 54.1 Å². The number of aromatic amines is 1. The van der Waals surface area contributed by atoms with Gasteiger partial charge in [-0.05, 0) is 120 Å². The summed E-state index contributed by atoms with van der Waals surface area (Å²) in [6, 6.07) is -0.413. The van der Waals surface area contributed by atoms with Crippen LogP contribution in [-0.4, -0.2) is 105 Å². The van der Waals surface area contributed by atoms with Crippen molar-refractivity contribution in [3.05, 3.63) is 83.3 Å². The van der Waals surface area contributed by atoms with Gasteiger partial charge in [0.05, 0.1) is 24.0 Å². The number of rotatable bonds is 9. The van der Waals surface area contributed by atoms with E-state index in [2.05, 4.69) is 106 Å². The summed E-state index contributed by atoms with van der Waals surface area (Å²) in [6.07, 6.45) is 20.0. The quantitative estimate of drug-likeness (QED) is 0.119. The number of amides is 1. The summed E-state index contributed by atoms with van der Waals surface area (Å²) >= 11 is 0. The minimum atomic E-state index is -1.83. The number of methoxy groups -OCH3 is 1. The number of ether oxygens (including phenoxy) is 3. The highest BCUT2D eigenvalue weighted by molar-refractivity contribution is 5.88. The van der Waals surface area contributed by atoms with Crippen LogP contribution in [0.2, 0.25) is 0 Å². The van der Waals surface area contributed by atoms with Crippen molar-refractivity contribution in [3.63, 3.8) is 0 Å². The van der Waals surface area contributed by atoms with Gasteiger partial charge in [0.25, 0.3) is 0 Å². The number of carboxylic acid groups (broad SMARTS) is 2. The Kier molecular flexibility index (Phi) is 9.23. The number of carbonyl (C=O) groups excluding carboxylic acids is 1. The maximum Gasteiger partial charge on any atom is 0.335 e. The van der Waals surface area contributed by atoms with Gasteiger partial charge in [0.15, 0.2) is 12.4 Å². The van der Waals surface area contributed by atoms with Crippen molar-refractivity contribution in [1.82, 2.24) is 10.3 Å². The fourth-order valence-electron chi connectivity index (χ4n) is 20.0. The van der Waals surface area contributed by atoms with E-state index in [1.807, 2.05) is 0 Å². The minimum Gasteiger partial charge on any atom is -0.481 e. The van der Waals surface area contributed by atoms with Crippen LogP contribution >= 0.6 is 0 Å². The Labute approximate surface area is 392 Å². The number of aromatic nitrogens is 1. The predicted octanol–water partition coefficient (Wildman–Crippen LogP) is 5.67. The summed E-state index contributed by atoms with van der Waals surface area (Å²) in [4.78, 5) is 46.0. The van der Waals surface area contributed by atoms with Crippen molar-refractivity contribution in [1.29, 1.82) is 0 Å². The van der Waals surface area contributed by atoms with Gasteiger partial charge >= 0.3 is 11.9 Å². The van der Waals surface area contributed by atoms with Crippen LogP contribution in [0.15, 0.2) is 72.1 Å². The van der Waals surface area contributed by atoms with Crippen LogP contribution in [0.1, 0.15) is 90.7 Å². The Balaban J connectivity index is 1.10. The predicted molar refractivity (Wildman–Crippen MR) is 244 cm³/mol. The molecule has 1 aromatic rings. The highest BCUT2D eigenvalue weighted by Crippen LogP contribution is 2.91. The Morgan fingerprint density at radius 2 is 1.73 bits per heavy atom. The number of hydrogen-bond acceptors (Lipinski definition) is 9. The molecule has 20 atom stereocenters. The standard InChI is InChI=1S/C54H68N2O11/c1-7-27-24-55-25-29(27)19-31-10-9-28-22-49(5)51-18-17-50(46(63)64)33(26-65-6)23-48(4)14-8-15-52(50)35(51)13-16-53(49)30(20-34(51)42(60)56-45(48)52)11-12-32-21-36(47(2,3)41(28)54(31,32)53)66-44-39(59)37(57)38(58)40(67-44)43(61)62/h8-13,15,20,24-25,28,31-34,36-41,44-45,55,57-59H,7,14,16-19,21-23,26H2,1-6H3,(H,56,60)(H,61,62)(H,63,64). The lowest BCUT2D eigenvalue weighted by Crippen LogP contribution is -2.81. The monoisotopic (exact) mass is 920 g/mol. The summed E-state index contributed by atoms with van der Waals surface area (Å²) in [5.41, 5.74) is -0.505. The number of aliphatic hydroxyl groups is 3. The molecule has 13 nitrogen and oxygen atoms in total. The van der Waals surface area contributed by atoms with Crippen molar-refractivity contribution in [2.75, 3.05) is 13.7 Å². The zero-order valence-corrected chi connectivity index (χ0v) is 39.5. The van der Waals surface area contributed by atoms with Crippen molar-refractivity contribution in [2.24, 2.45) is 78.8 Å². The molecule has 9 aliphatic carbocycles. The molecule has 4 saturated carbocycles. The van der Waals surface area contributed by atoms with E-state index in [0.29, 0.717) is 38.7 Å². The van der Waals surface area contributed by atoms with E-state index in [4.69, 9.17) is 14.2 Å². The van der Waals surface area contributed by atoms with E-state index in [0.717, 1.165) is 31.3 Å². The molecule has 20 unspecified atom stereocenters. The summed E-state index contributed by atoms with van der Waals surface area (Å²) in [5.74, 6) is -3.13. The fourth-order valence-corrected chi connectivity index (χ4v) is 20.0. The van der Waals surface area contributed by atoms with E-state index in [-0.39, 0.29) is 35.5 Å². The third-order valence-electron chi connectivity index (χ3n) is 21.9. The first-order valence-electron chi connectivity index (χ1n) is 25.0. The van der Waals surface area contributed by atoms with Gasteiger partial charge in [-0.3, -0.25) is 9.59 Å². The Hall–Kier alpha value is -3.85. The summed E-state index contributed by atoms with van der Waals surface area (Å²) in [5, 5.41) is 58.5. The Morgan fingerprint density at radius 1 is 0.955 bits per heavy atom.